The second kappa shape index (κ2) is 3.89. The third kappa shape index (κ3) is 1.83. The summed E-state index contributed by atoms with van der Waals surface area (Å²) in [5, 5.41) is 10.3. The van der Waals surface area contributed by atoms with Gasteiger partial charge in [0.2, 0.25) is 0 Å². The van der Waals surface area contributed by atoms with Crippen LogP contribution in [-0.2, 0) is 0 Å². The summed E-state index contributed by atoms with van der Waals surface area (Å²) in [4.78, 5) is 0. The third-order valence-electron chi connectivity index (χ3n) is 2.32. The zero-order valence-corrected chi connectivity index (χ0v) is 8.46. The molecule has 1 aromatic carbocycles. The Balaban J connectivity index is 2.44. The lowest BCUT2D eigenvalue weighted by atomic mass is 9.97. The van der Waals surface area contributed by atoms with Gasteiger partial charge in [0.1, 0.15) is 5.75 Å². The Hall–Kier alpha value is -1.21. The van der Waals surface area contributed by atoms with E-state index < -0.39 is 0 Å². The molecule has 0 bridgehead atoms. The highest BCUT2D eigenvalue weighted by molar-refractivity contribution is 6.30. The molecule has 1 aliphatic carbocycles. The van der Waals surface area contributed by atoms with Gasteiger partial charge < -0.3 is 5.11 Å². The van der Waals surface area contributed by atoms with Gasteiger partial charge >= 0.3 is 0 Å². The summed E-state index contributed by atoms with van der Waals surface area (Å²) in [5.74, 6) is 0.302. The summed E-state index contributed by atoms with van der Waals surface area (Å²) in [6.07, 6.45) is 8.14. The Bertz CT molecular complexity index is 405. The van der Waals surface area contributed by atoms with Crippen molar-refractivity contribution in [1.82, 2.24) is 0 Å². The van der Waals surface area contributed by atoms with Crippen molar-refractivity contribution in [3.8, 4) is 5.75 Å². The van der Waals surface area contributed by atoms with Gasteiger partial charge in [0, 0.05) is 10.6 Å². The standard InChI is InChI=1S/C12H11ClO/c13-10-6-7-12(14)11(8-10)9-4-2-1-3-5-9/h1-2,4,6-8,14H,3,5H2. The maximum absolute atomic E-state index is 9.66. The molecular formula is C12H11ClO. The second-order valence-corrected chi connectivity index (χ2v) is 3.76. The monoisotopic (exact) mass is 206 g/mol. The highest BCUT2D eigenvalue weighted by Crippen LogP contribution is 2.32. The number of benzene rings is 1. The molecule has 0 radical (unpaired) electrons. The Labute approximate surface area is 88.3 Å². The Kier molecular flexibility index (Phi) is 2.60. The first-order chi connectivity index (χ1) is 6.77. The lowest BCUT2D eigenvalue weighted by molar-refractivity contribution is 0.473. The van der Waals surface area contributed by atoms with Gasteiger partial charge in [-0.15, -0.1) is 0 Å². The Morgan fingerprint density at radius 3 is 2.86 bits per heavy atom. The van der Waals surface area contributed by atoms with Crippen LogP contribution in [0.5, 0.6) is 5.75 Å². The molecular weight excluding hydrogens is 196 g/mol. The van der Waals surface area contributed by atoms with E-state index in [9.17, 15) is 5.11 Å². The maximum Gasteiger partial charge on any atom is 0.123 e. The van der Waals surface area contributed by atoms with Crippen molar-refractivity contribution in [2.24, 2.45) is 0 Å². The summed E-state index contributed by atoms with van der Waals surface area (Å²) in [7, 11) is 0. The molecule has 0 aromatic heterocycles. The van der Waals surface area contributed by atoms with Gasteiger partial charge in [-0.25, -0.2) is 0 Å². The van der Waals surface area contributed by atoms with E-state index in [0.29, 0.717) is 10.8 Å². The minimum absolute atomic E-state index is 0.302. The minimum atomic E-state index is 0.302. The van der Waals surface area contributed by atoms with Crippen LogP contribution in [0.2, 0.25) is 5.02 Å². The van der Waals surface area contributed by atoms with Crippen molar-refractivity contribution in [2.45, 2.75) is 12.8 Å². The van der Waals surface area contributed by atoms with E-state index in [1.54, 1.807) is 12.1 Å². The van der Waals surface area contributed by atoms with Gasteiger partial charge in [-0.3, -0.25) is 0 Å². The number of aromatic hydroxyl groups is 1. The van der Waals surface area contributed by atoms with Crippen LogP contribution in [0.15, 0.2) is 36.4 Å². The number of phenolic OH excluding ortho intramolecular Hbond substituents is 1. The number of allylic oxidation sites excluding steroid dienone is 4. The highest BCUT2D eigenvalue weighted by atomic mass is 35.5. The number of rotatable bonds is 1. The molecule has 0 unspecified atom stereocenters. The summed E-state index contributed by atoms with van der Waals surface area (Å²) < 4.78 is 0. The fourth-order valence-electron chi connectivity index (χ4n) is 1.59. The Morgan fingerprint density at radius 2 is 2.14 bits per heavy atom. The van der Waals surface area contributed by atoms with Crippen LogP contribution < -0.4 is 0 Å². The van der Waals surface area contributed by atoms with Crippen molar-refractivity contribution in [3.63, 3.8) is 0 Å². The van der Waals surface area contributed by atoms with Gasteiger partial charge in [-0.1, -0.05) is 29.8 Å². The fraction of sp³-hybridized carbons (Fsp3) is 0.167. The maximum atomic E-state index is 9.66. The molecule has 0 aliphatic heterocycles. The molecule has 72 valence electrons. The van der Waals surface area contributed by atoms with E-state index in [0.717, 1.165) is 24.0 Å². The molecule has 0 saturated carbocycles. The van der Waals surface area contributed by atoms with Crippen molar-refractivity contribution in [1.29, 1.82) is 0 Å². The quantitative estimate of drug-likeness (QED) is 0.742. The normalized spacial score (nSPS) is 15.4. The third-order valence-corrected chi connectivity index (χ3v) is 2.55. The summed E-state index contributed by atoms with van der Waals surface area (Å²) in [6.45, 7) is 0. The highest BCUT2D eigenvalue weighted by Gasteiger charge is 2.08. The SMILES string of the molecule is Oc1ccc(Cl)cc1C1=CC=CCC1. The molecule has 0 amide bonds. The lowest BCUT2D eigenvalue weighted by Crippen LogP contribution is -1.88. The molecule has 0 heterocycles. The van der Waals surface area contributed by atoms with Crippen LogP contribution in [0, 0.1) is 0 Å². The first-order valence-corrected chi connectivity index (χ1v) is 5.00. The molecule has 1 nitrogen and oxygen atoms in total. The average Bonchev–Trinajstić information content (AvgIpc) is 2.23. The molecule has 14 heavy (non-hydrogen) atoms. The van der Waals surface area contributed by atoms with Gasteiger partial charge in [0.25, 0.3) is 0 Å². The van der Waals surface area contributed by atoms with Crippen LogP contribution in [0.25, 0.3) is 5.57 Å². The summed E-state index contributed by atoms with van der Waals surface area (Å²) in [5.41, 5.74) is 1.99. The van der Waals surface area contributed by atoms with Crippen LogP contribution in [0.1, 0.15) is 18.4 Å². The second-order valence-electron chi connectivity index (χ2n) is 3.32. The first-order valence-electron chi connectivity index (χ1n) is 4.62. The van der Waals surface area contributed by atoms with Gasteiger partial charge in [-0.05, 0) is 36.6 Å². The lowest BCUT2D eigenvalue weighted by Gasteiger charge is -2.11. The van der Waals surface area contributed by atoms with Crippen molar-refractivity contribution in [3.05, 3.63) is 47.0 Å². The largest absolute Gasteiger partial charge is 0.507 e. The number of hydrogen-bond acceptors (Lipinski definition) is 1. The number of phenols is 1. The smallest absolute Gasteiger partial charge is 0.123 e. The molecule has 1 aromatic rings. The van der Waals surface area contributed by atoms with E-state index in [-0.39, 0.29) is 0 Å². The van der Waals surface area contributed by atoms with Gasteiger partial charge in [0.05, 0.1) is 0 Å². The summed E-state index contributed by atoms with van der Waals surface area (Å²) >= 11 is 5.88. The molecule has 0 fully saturated rings. The molecule has 1 aliphatic rings. The average molecular weight is 207 g/mol. The van der Waals surface area contributed by atoms with Gasteiger partial charge in [0.15, 0.2) is 0 Å². The number of hydrogen-bond donors (Lipinski definition) is 1. The zero-order chi connectivity index (χ0) is 9.97. The molecule has 0 atom stereocenters. The fourth-order valence-corrected chi connectivity index (χ4v) is 1.76. The van der Waals surface area contributed by atoms with E-state index in [1.165, 1.54) is 0 Å². The molecule has 0 saturated heterocycles. The molecule has 2 heteroatoms. The number of halogens is 1. The molecule has 2 rings (SSSR count). The van der Waals surface area contributed by atoms with Crippen LogP contribution >= 0.6 is 11.6 Å². The van der Waals surface area contributed by atoms with Crippen LogP contribution in [-0.4, -0.2) is 5.11 Å². The summed E-state index contributed by atoms with van der Waals surface area (Å²) in [6, 6.07) is 5.14. The van der Waals surface area contributed by atoms with Crippen LogP contribution in [0.4, 0.5) is 0 Å². The van der Waals surface area contributed by atoms with Crippen molar-refractivity contribution in [2.75, 3.05) is 0 Å². The predicted molar refractivity (Wildman–Crippen MR) is 59.5 cm³/mol. The van der Waals surface area contributed by atoms with E-state index in [2.05, 4.69) is 6.08 Å². The Morgan fingerprint density at radius 1 is 1.29 bits per heavy atom. The van der Waals surface area contributed by atoms with E-state index in [1.807, 2.05) is 18.2 Å². The minimum Gasteiger partial charge on any atom is -0.507 e. The first kappa shape index (κ1) is 9.35. The topological polar surface area (TPSA) is 20.2 Å². The van der Waals surface area contributed by atoms with Crippen LogP contribution in [0.3, 0.4) is 0 Å². The van der Waals surface area contributed by atoms with E-state index in [4.69, 9.17) is 11.6 Å². The predicted octanol–water partition coefficient (Wildman–Crippen LogP) is 3.78. The molecule has 1 N–H and O–H groups in total. The molecule has 0 spiro atoms. The van der Waals surface area contributed by atoms with Crippen molar-refractivity contribution < 1.29 is 5.11 Å². The van der Waals surface area contributed by atoms with Gasteiger partial charge in [-0.2, -0.15) is 0 Å². The van der Waals surface area contributed by atoms with E-state index >= 15 is 0 Å². The van der Waals surface area contributed by atoms with Crippen molar-refractivity contribution >= 4 is 17.2 Å². The zero-order valence-electron chi connectivity index (χ0n) is 7.70.